The van der Waals surface area contributed by atoms with Crippen LogP contribution < -0.4 is 30.7 Å². The molecule has 2 heterocycles. The van der Waals surface area contributed by atoms with E-state index in [4.69, 9.17) is 4.74 Å². The summed E-state index contributed by atoms with van der Waals surface area (Å²) in [5.74, 6) is 7.20. The number of sulfonamides is 1. The summed E-state index contributed by atoms with van der Waals surface area (Å²) in [6, 6.07) is 13.1. The largest absolute Gasteiger partial charge is 0.495 e. The second-order valence-corrected chi connectivity index (χ2v) is 9.36. The minimum absolute atomic E-state index is 0.0923. The molecule has 0 unspecified atom stereocenters. The van der Waals surface area contributed by atoms with Crippen LogP contribution in [0.3, 0.4) is 0 Å². The van der Waals surface area contributed by atoms with E-state index in [2.05, 4.69) is 47.8 Å². The Balaban J connectivity index is 1.45. The topological polar surface area (TPSA) is 146 Å². The number of urea groups is 1. The van der Waals surface area contributed by atoms with Crippen molar-refractivity contribution in [2.45, 2.75) is 11.3 Å². The van der Waals surface area contributed by atoms with Crippen molar-refractivity contribution in [2.75, 3.05) is 42.7 Å². The predicted molar refractivity (Wildman–Crippen MR) is 137 cm³/mol. The fourth-order valence-corrected chi connectivity index (χ4v) is 4.42. The number of nitrogens with zero attached hydrogens (tertiary/aromatic N) is 2. The maximum absolute atomic E-state index is 12.5. The second kappa shape index (κ2) is 11.4. The monoisotopic (exact) mass is 507 g/mol. The minimum atomic E-state index is -3.62. The van der Waals surface area contributed by atoms with Crippen molar-refractivity contribution in [3.63, 3.8) is 0 Å². The molecule has 12 heteroatoms. The fourth-order valence-electron chi connectivity index (χ4n) is 3.30. The van der Waals surface area contributed by atoms with E-state index >= 15 is 0 Å². The van der Waals surface area contributed by atoms with Crippen LogP contribution in [0, 0.1) is 11.8 Å². The number of nitrogens with one attached hydrogen (secondary N) is 5. The first-order valence-electron chi connectivity index (χ1n) is 11.1. The van der Waals surface area contributed by atoms with Gasteiger partial charge < -0.3 is 26.0 Å². The molecule has 4 rings (SSSR count). The van der Waals surface area contributed by atoms with E-state index < -0.39 is 16.1 Å². The van der Waals surface area contributed by atoms with Crippen molar-refractivity contribution in [1.82, 2.24) is 20.0 Å². The fraction of sp³-hybridized carbons (Fsp3) is 0.208. The molecule has 0 spiro atoms. The summed E-state index contributed by atoms with van der Waals surface area (Å²) in [5.41, 5.74) is 1.62. The Morgan fingerprint density at radius 3 is 2.89 bits per heavy atom. The third-order valence-electron chi connectivity index (χ3n) is 5.04. The van der Waals surface area contributed by atoms with Crippen LogP contribution in [-0.2, 0) is 10.0 Å². The van der Waals surface area contributed by atoms with Crippen LogP contribution in [0.15, 0.2) is 59.6 Å². The molecule has 4 bridgehead atoms. The van der Waals surface area contributed by atoms with Crippen LogP contribution in [0.2, 0.25) is 0 Å². The molecule has 1 aromatic heterocycles. The van der Waals surface area contributed by atoms with Crippen LogP contribution in [0.1, 0.15) is 12.0 Å². The van der Waals surface area contributed by atoms with E-state index in [0.29, 0.717) is 47.4 Å². The number of ether oxygens (including phenoxy) is 1. The summed E-state index contributed by atoms with van der Waals surface area (Å²) in [4.78, 5) is 21.1. The number of carbonyl (C=O) groups excluding carboxylic acids is 1. The van der Waals surface area contributed by atoms with Gasteiger partial charge in [-0.05, 0) is 36.8 Å². The van der Waals surface area contributed by atoms with Crippen LogP contribution in [-0.4, -0.2) is 51.2 Å². The zero-order valence-electron chi connectivity index (χ0n) is 19.5. The molecular formula is C24H25N7O4S. The number of hydrogen-bond acceptors (Lipinski definition) is 8. The zero-order valence-corrected chi connectivity index (χ0v) is 20.3. The van der Waals surface area contributed by atoms with Crippen LogP contribution in [0.25, 0.3) is 0 Å². The van der Waals surface area contributed by atoms with Crippen molar-refractivity contribution < 1.29 is 17.9 Å². The maximum Gasteiger partial charge on any atom is 0.320 e. The molecule has 2 amide bonds. The Bertz CT molecular complexity index is 1420. The van der Waals surface area contributed by atoms with Crippen LogP contribution >= 0.6 is 0 Å². The summed E-state index contributed by atoms with van der Waals surface area (Å²) in [5, 5.41) is 11.6. The van der Waals surface area contributed by atoms with Gasteiger partial charge in [-0.2, -0.15) is 4.98 Å². The van der Waals surface area contributed by atoms with E-state index in [1.54, 1.807) is 36.5 Å². The molecule has 3 aromatic rings. The van der Waals surface area contributed by atoms with E-state index in [1.807, 2.05) is 6.07 Å². The van der Waals surface area contributed by atoms with Gasteiger partial charge in [0.1, 0.15) is 11.6 Å². The Hall–Kier alpha value is -4.34. The number of aromatic nitrogens is 2. The van der Waals surface area contributed by atoms with Crippen molar-refractivity contribution in [3.05, 3.63) is 60.3 Å². The predicted octanol–water partition coefficient (Wildman–Crippen LogP) is 2.50. The molecule has 0 atom stereocenters. The Morgan fingerprint density at radius 2 is 2.03 bits per heavy atom. The number of para-hydroxylation sites is 2. The molecule has 1 aliphatic rings. The third-order valence-corrected chi connectivity index (χ3v) is 6.50. The Kier molecular flexibility index (Phi) is 7.84. The summed E-state index contributed by atoms with van der Waals surface area (Å²) in [6.45, 7) is 0.816. The normalized spacial score (nSPS) is 14.1. The summed E-state index contributed by atoms with van der Waals surface area (Å²) >= 11 is 0. The molecule has 36 heavy (non-hydrogen) atoms. The molecule has 0 radical (unpaired) electrons. The number of rotatable bonds is 3. The number of hydrogen-bond donors (Lipinski definition) is 5. The minimum Gasteiger partial charge on any atom is -0.495 e. The highest BCUT2D eigenvalue weighted by atomic mass is 32.2. The molecule has 1 aliphatic heterocycles. The smallest absolute Gasteiger partial charge is 0.320 e. The lowest BCUT2D eigenvalue weighted by molar-refractivity contribution is 0.253. The van der Waals surface area contributed by atoms with Gasteiger partial charge in [-0.25, -0.2) is 22.9 Å². The molecule has 186 valence electrons. The number of carbonyl (C=O) groups is 1. The molecule has 0 aliphatic carbocycles. The maximum atomic E-state index is 12.5. The number of anilines is 4. The SMILES string of the molecule is COc1ccccc1NC(=O)NCC#Cc1cnc2nc1NCCCNS(=O)(=O)c1cccc(c1)N2. The highest BCUT2D eigenvalue weighted by Gasteiger charge is 2.15. The Morgan fingerprint density at radius 1 is 1.17 bits per heavy atom. The van der Waals surface area contributed by atoms with Gasteiger partial charge in [0.15, 0.2) is 0 Å². The lowest BCUT2D eigenvalue weighted by Crippen LogP contribution is -2.29. The number of amides is 2. The Labute approximate surface area is 209 Å². The zero-order chi connectivity index (χ0) is 25.4. The van der Waals surface area contributed by atoms with Gasteiger partial charge in [0.25, 0.3) is 0 Å². The standard InChI is InChI=1S/C24H25N7O4S/c1-35-21-11-3-2-10-20(21)30-24(32)26-12-5-7-17-16-27-23-29-18-8-4-9-19(15-18)36(33,34)28-14-6-13-25-22(17)31-23/h2-4,8-11,15-16,28H,6,12-14H2,1H3,(H2,26,30,32)(H2,25,27,29,31). The second-order valence-electron chi connectivity index (χ2n) is 7.60. The average molecular weight is 508 g/mol. The first-order valence-corrected chi connectivity index (χ1v) is 12.6. The average Bonchev–Trinajstić information content (AvgIpc) is 2.88. The first kappa shape index (κ1) is 24.8. The van der Waals surface area contributed by atoms with Gasteiger partial charge in [-0.15, -0.1) is 0 Å². The van der Waals surface area contributed by atoms with Crippen molar-refractivity contribution in [1.29, 1.82) is 0 Å². The highest BCUT2D eigenvalue weighted by Crippen LogP contribution is 2.23. The van der Waals surface area contributed by atoms with E-state index in [-0.39, 0.29) is 18.0 Å². The number of methoxy groups -OCH3 is 1. The lowest BCUT2D eigenvalue weighted by Gasteiger charge is -2.10. The quantitative estimate of drug-likeness (QED) is 0.340. The van der Waals surface area contributed by atoms with Gasteiger partial charge in [-0.3, -0.25) is 0 Å². The number of fused-ring (bicyclic) bond motifs is 4. The molecule has 5 N–H and O–H groups in total. The van der Waals surface area contributed by atoms with Crippen molar-refractivity contribution >= 4 is 39.2 Å². The third kappa shape index (κ3) is 6.41. The summed E-state index contributed by atoms with van der Waals surface area (Å²) in [7, 11) is -2.09. The van der Waals surface area contributed by atoms with E-state index in [9.17, 15) is 13.2 Å². The van der Waals surface area contributed by atoms with Gasteiger partial charge in [0.2, 0.25) is 16.0 Å². The van der Waals surface area contributed by atoms with Gasteiger partial charge in [0, 0.05) is 18.8 Å². The number of benzene rings is 2. The molecule has 2 aromatic carbocycles. The molecule has 0 saturated carbocycles. The molecule has 11 nitrogen and oxygen atoms in total. The van der Waals surface area contributed by atoms with E-state index in [1.165, 1.54) is 19.2 Å². The van der Waals surface area contributed by atoms with Crippen LogP contribution in [0.5, 0.6) is 5.75 Å². The van der Waals surface area contributed by atoms with Crippen molar-refractivity contribution in [3.8, 4) is 17.6 Å². The van der Waals surface area contributed by atoms with E-state index in [0.717, 1.165) is 0 Å². The lowest BCUT2D eigenvalue weighted by atomic mass is 10.3. The molecular weight excluding hydrogens is 482 g/mol. The van der Waals surface area contributed by atoms with Gasteiger partial charge >= 0.3 is 6.03 Å². The van der Waals surface area contributed by atoms with Gasteiger partial charge in [-0.1, -0.05) is 30.0 Å². The van der Waals surface area contributed by atoms with Gasteiger partial charge in [0.05, 0.1) is 36.0 Å². The molecule has 0 fully saturated rings. The summed E-state index contributed by atoms with van der Waals surface area (Å²) in [6.07, 6.45) is 2.10. The summed E-state index contributed by atoms with van der Waals surface area (Å²) < 4.78 is 32.8. The molecule has 0 saturated heterocycles. The highest BCUT2D eigenvalue weighted by molar-refractivity contribution is 7.89. The van der Waals surface area contributed by atoms with Crippen LogP contribution in [0.4, 0.5) is 27.9 Å². The van der Waals surface area contributed by atoms with Crippen molar-refractivity contribution in [2.24, 2.45) is 0 Å². The first-order chi connectivity index (χ1) is 17.4.